The number of thioether (sulfide) groups is 1. The molecule has 3 heterocycles. The number of furan rings is 1. The van der Waals surface area contributed by atoms with Gasteiger partial charge in [-0.3, -0.25) is 9.69 Å². The van der Waals surface area contributed by atoms with E-state index < -0.39 is 0 Å². The van der Waals surface area contributed by atoms with Gasteiger partial charge in [0.25, 0.3) is 5.91 Å². The molecule has 2 aromatic rings. The van der Waals surface area contributed by atoms with E-state index >= 15 is 0 Å². The van der Waals surface area contributed by atoms with Crippen LogP contribution in [0.15, 0.2) is 39.7 Å². The van der Waals surface area contributed by atoms with Gasteiger partial charge in [0.15, 0.2) is 0 Å². The molecule has 1 amide bonds. The molecule has 1 atom stereocenters. The van der Waals surface area contributed by atoms with Crippen molar-refractivity contribution in [2.75, 3.05) is 13.2 Å². The Bertz CT molecular complexity index is 935. The van der Waals surface area contributed by atoms with Crippen LogP contribution >= 0.6 is 47.2 Å². The Labute approximate surface area is 176 Å². The first-order valence-corrected chi connectivity index (χ1v) is 10.4. The Morgan fingerprint density at radius 1 is 1.26 bits per heavy atom. The van der Waals surface area contributed by atoms with Crippen LogP contribution in [0.4, 0.5) is 0 Å². The van der Waals surface area contributed by atoms with Crippen LogP contribution in [0.2, 0.25) is 10.0 Å². The van der Waals surface area contributed by atoms with E-state index in [-0.39, 0.29) is 12.0 Å². The predicted octanol–water partition coefficient (Wildman–Crippen LogP) is 5.63. The molecule has 2 aliphatic heterocycles. The summed E-state index contributed by atoms with van der Waals surface area (Å²) in [6, 6.07) is 8.94. The number of halogens is 2. The lowest BCUT2D eigenvalue weighted by Gasteiger charge is -2.18. The van der Waals surface area contributed by atoms with E-state index in [1.807, 2.05) is 18.2 Å². The first-order valence-electron chi connectivity index (χ1n) is 8.43. The van der Waals surface area contributed by atoms with Crippen LogP contribution in [-0.2, 0) is 9.53 Å². The highest BCUT2D eigenvalue weighted by molar-refractivity contribution is 8.26. The van der Waals surface area contributed by atoms with Crippen molar-refractivity contribution in [2.45, 2.75) is 18.9 Å². The fourth-order valence-electron chi connectivity index (χ4n) is 3.01. The minimum atomic E-state index is -0.104. The Morgan fingerprint density at radius 2 is 2.11 bits per heavy atom. The van der Waals surface area contributed by atoms with Crippen LogP contribution in [0.1, 0.15) is 18.6 Å². The summed E-state index contributed by atoms with van der Waals surface area (Å²) in [5.41, 5.74) is 0.815. The van der Waals surface area contributed by atoms with E-state index in [9.17, 15) is 4.79 Å². The zero-order valence-electron chi connectivity index (χ0n) is 14.1. The molecule has 0 radical (unpaired) electrons. The Kier molecular flexibility index (Phi) is 5.62. The highest BCUT2D eigenvalue weighted by Crippen LogP contribution is 2.35. The van der Waals surface area contributed by atoms with Crippen molar-refractivity contribution in [3.05, 3.63) is 51.0 Å². The average Bonchev–Trinajstić information content (AvgIpc) is 3.37. The predicted molar refractivity (Wildman–Crippen MR) is 113 cm³/mol. The van der Waals surface area contributed by atoms with Crippen LogP contribution in [-0.4, -0.2) is 34.4 Å². The molecular formula is C19H15Cl2NO3S2. The van der Waals surface area contributed by atoms with Crippen LogP contribution in [0.5, 0.6) is 0 Å². The van der Waals surface area contributed by atoms with E-state index in [0.717, 1.165) is 25.0 Å². The third-order valence-corrected chi connectivity index (χ3v) is 6.50. The highest BCUT2D eigenvalue weighted by atomic mass is 35.5. The molecule has 2 saturated heterocycles. The summed E-state index contributed by atoms with van der Waals surface area (Å²) in [4.78, 5) is 14.9. The number of hydrogen-bond donors (Lipinski definition) is 0. The number of thiocarbonyl (C=S) groups is 1. The molecule has 0 spiro atoms. The minimum absolute atomic E-state index is 0.0664. The Hall–Kier alpha value is -1.31. The smallest absolute Gasteiger partial charge is 0.266 e. The standard InChI is InChI=1S/C19H15Cl2NO3S2/c20-14-5-3-11(8-15(14)21)16-6-4-12(25-16)9-17-18(23)22(19(26)27-17)10-13-2-1-7-24-13/h3-6,8-9,13H,1-2,7,10H2/b17-9+. The summed E-state index contributed by atoms with van der Waals surface area (Å²) in [5.74, 6) is 1.12. The minimum Gasteiger partial charge on any atom is -0.457 e. The maximum absolute atomic E-state index is 12.7. The topological polar surface area (TPSA) is 42.7 Å². The number of ether oxygens (including phenoxy) is 1. The molecule has 140 valence electrons. The normalized spacial score (nSPS) is 21.6. The average molecular weight is 440 g/mol. The third-order valence-electron chi connectivity index (χ3n) is 4.39. The Balaban J connectivity index is 1.52. The van der Waals surface area contributed by atoms with Gasteiger partial charge in [-0.2, -0.15) is 0 Å². The number of carbonyl (C=O) groups excluding carboxylic acids is 1. The lowest BCUT2D eigenvalue weighted by molar-refractivity contribution is -0.123. The van der Waals surface area contributed by atoms with Crippen molar-refractivity contribution in [1.29, 1.82) is 0 Å². The molecule has 4 rings (SSSR count). The monoisotopic (exact) mass is 439 g/mol. The molecular weight excluding hydrogens is 425 g/mol. The fraction of sp³-hybridized carbons (Fsp3) is 0.263. The van der Waals surface area contributed by atoms with E-state index in [1.165, 1.54) is 11.8 Å². The molecule has 27 heavy (non-hydrogen) atoms. The van der Waals surface area contributed by atoms with E-state index in [2.05, 4.69) is 0 Å². The third kappa shape index (κ3) is 4.10. The van der Waals surface area contributed by atoms with Gasteiger partial charge in [-0.05, 0) is 43.2 Å². The number of benzene rings is 1. The van der Waals surface area contributed by atoms with Gasteiger partial charge in [0.05, 0.1) is 27.6 Å². The SMILES string of the molecule is O=C1/C(=C\c2ccc(-c3ccc(Cl)c(Cl)c3)o2)SC(=S)N1CC1CCCO1. The largest absolute Gasteiger partial charge is 0.457 e. The molecule has 1 aromatic heterocycles. The number of carbonyl (C=O) groups is 1. The maximum Gasteiger partial charge on any atom is 0.266 e. The summed E-state index contributed by atoms with van der Waals surface area (Å²) in [7, 11) is 0. The van der Waals surface area contributed by atoms with Crippen LogP contribution in [0.25, 0.3) is 17.4 Å². The second-order valence-electron chi connectivity index (χ2n) is 6.26. The number of hydrogen-bond acceptors (Lipinski definition) is 5. The van der Waals surface area contributed by atoms with E-state index in [1.54, 1.807) is 23.1 Å². The maximum atomic E-state index is 12.7. The van der Waals surface area contributed by atoms with Gasteiger partial charge in [0.2, 0.25) is 0 Å². The molecule has 0 aliphatic carbocycles. The molecule has 0 bridgehead atoms. The van der Waals surface area contributed by atoms with Gasteiger partial charge in [-0.1, -0.05) is 47.2 Å². The molecule has 2 aliphatic rings. The van der Waals surface area contributed by atoms with E-state index in [4.69, 9.17) is 44.6 Å². The van der Waals surface area contributed by atoms with Crippen molar-refractivity contribution in [2.24, 2.45) is 0 Å². The molecule has 0 saturated carbocycles. The van der Waals surface area contributed by atoms with E-state index in [0.29, 0.717) is 37.3 Å². The van der Waals surface area contributed by atoms with Gasteiger partial charge >= 0.3 is 0 Å². The van der Waals surface area contributed by atoms with Gasteiger partial charge in [-0.25, -0.2) is 0 Å². The first-order chi connectivity index (χ1) is 13.0. The quantitative estimate of drug-likeness (QED) is 0.455. The fourth-order valence-corrected chi connectivity index (χ4v) is 4.57. The van der Waals surface area contributed by atoms with Crippen molar-refractivity contribution < 1.29 is 13.9 Å². The first kappa shape index (κ1) is 19.0. The van der Waals surface area contributed by atoms with Crippen molar-refractivity contribution in [3.8, 4) is 11.3 Å². The number of amides is 1. The van der Waals surface area contributed by atoms with Gasteiger partial charge in [0.1, 0.15) is 15.8 Å². The summed E-state index contributed by atoms with van der Waals surface area (Å²) in [5, 5.41) is 0.948. The van der Waals surface area contributed by atoms with Gasteiger partial charge < -0.3 is 9.15 Å². The Morgan fingerprint density at radius 3 is 2.85 bits per heavy atom. The van der Waals surface area contributed by atoms with Crippen LogP contribution in [0, 0.1) is 0 Å². The van der Waals surface area contributed by atoms with Crippen LogP contribution in [0.3, 0.4) is 0 Å². The van der Waals surface area contributed by atoms with Gasteiger partial charge in [0, 0.05) is 18.2 Å². The van der Waals surface area contributed by atoms with Crippen LogP contribution < -0.4 is 0 Å². The van der Waals surface area contributed by atoms with Crippen molar-refractivity contribution in [3.63, 3.8) is 0 Å². The molecule has 0 N–H and O–H groups in total. The summed E-state index contributed by atoms with van der Waals surface area (Å²) >= 11 is 18.7. The number of rotatable bonds is 4. The molecule has 2 fully saturated rings. The molecule has 1 aromatic carbocycles. The summed E-state index contributed by atoms with van der Waals surface area (Å²) < 4.78 is 12.0. The summed E-state index contributed by atoms with van der Waals surface area (Å²) in [6.45, 7) is 1.26. The highest BCUT2D eigenvalue weighted by Gasteiger charge is 2.34. The lowest BCUT2D eigenvalue weighted by Crippen LogP contribution is -2.35. The second kappa shape index (κ2) is 7.97. The van der Waals surface area contributed by atoms with Gasteiger partial charge in [-0.15, -0.1) is 0 Å². The van der Waals surface area contributed by atoms with Crippen molar-refractivity contribution in [1.82, 2.24) is 4.90 Å². The molecule has 8 heteroatoms. The molecule has 1 unspecified atom stereocenters. The zero-order valence-corrected chi connectivity index (χ0v) is 17.3. The summed E-state index contributed by atoms with van der Waals surface area (Å²) in [6.07, 6.45) is 3.77. The molecule has 4 nitrogen and oxygen atoms in total. The number of nitrogens with zero attached hydrogens (tertiary/aromatic N) is 1. The van der Waals surface area contributed by atoms with Crippen molar-refractivity contribution >= 4 is 63.5 Å². The second-order valence-corrected chi connectivity index (χ2v) is 8.75. The zero-order chi connectivity index (χ0) is 19.0. The lowest BCUT2D eigenvalue weighted by atomic mass is 10.2.